The van der Waals surface area contributed by atoms with E-state index in [9.17, 15) is 13.2 Å². The van der Waals surface area contributed by atoms with Gasteiger partial charge in [-0.15, -0.1) is 0 Å². The monoisotopic (exact) mass is 390 g/mol. The fraction of sp³-hybridized carbons (Fsp3) is 0.316. The van der Waals surface area contributed by atoms with Gasteiger partial charge >= 0.3 is 0 Å². The molecule has 3 rings (SSSR count). The highest BCUT2D eigenvalue weighted by Gasteiger charge is 2.31. The molecule has 27 heavy (non-hydrogen) atoms. The van der Waals surface area contributed by atoms with Gasteiger partial charge in [-0.1, -0.05) is 30.3 Å². The van der Waals surface area contributed by atoms with Crippen molar-refractivity contribution in [1.29, 1.82) is 0 Å². The number of hydrogen-bond donors (Lipinski definition) is 1. The first kappa shape index (κ1) is 19.3. The summed E-state index contributed by atoms with van der Waals surface area (Å²) in [5.41, 5.74) is 0.589. The fourth-order valence-corrected chi connectivity index (χ4v) is 4.03. The van der Waals surface area contributed by atoms with Gasteiger partial charge in [0, 0.05) is 13.1 Å². The maximum Gasteiger partial charge on any atom is 0.245 e. The second kappa shape index (κ2) is 8.51. The zero-order valence-electron chi connectivity index (χ0n) is 15.0. The highest BCUT2D eigenvalue weighted by Crippen LogP contribution is 2.22. The molecule has 0 radical (unpaired) electrons. The summed E-state index contributed by atoms with van der Waals surface area (Å²) in [4.78, 5) is 14.7. The van der Waals surface area contributed by atoms with E-state index in [0.717, 1.165) is 0 Å². The van der Waals surface area contributed by atoms with Crippen molar-refractivity contribution in [1.82, 2.24) is 9.62 Å². The van der Waals surface area contributed by atoms with E-state index in [1.54, 1.807) is 41.3 Å². The molecule has 144 valence electrons. The lowest BCUT2D eigenvalue weighted by Gasteiger charge is -2.30. The lowest BCUT2D eigenvalue weighted by Crippen LogP contribution is -2.47. The lowest BCUT2D eigenvalue weighted by atomic mass is 10.1. The van der Waals surface area contributed by atoms with Crippen LogP contribution in [0, 0.1) is 0 Å². The van der Waals surface area contributed by atoms with Crippen LogP contribution in [0.4, 0.5) is 0 Å². The molecule has 1 amide bonds. The summed E-state index contributed by atoms with van der Waals surface area (Å²) >= 11 is 0. The standard InChI is InChI=1S/C19H22N2O5S/c1-25-16-7-9-17(10-8-16)27(23,24)20-18(15-5-3-2-4-6-15)19(22)21-11-13-26-14-12-21/h2-10,18,20H,11-14H2,1H3/t18-/m0/s1. The Labute approximate surface area is 158 Å². The molecule has 2 aromatic rings. The van der Waals surface area contributed by atoms with Gasteiger partial charge in [0.15, 0.2) is 0 Å². The van der Waals surface area contributed by atoms with Crippen LogP contribution in [-0.4, -0.2) is 52.6 Å². The van der Waals surface area contributed by atoms with E-state index in [1.165, 1.54) is 19.2 Å². The minimum Gasteiger partial charge on any atom is -0.497 e. The van der Waals surface area contributed by atoms with E-state index in [1.807, 2.05) is 6.07 Å². The number of nitrogens with zero attached hydrogens (tertiary/aromatic N) is 1. The zero-order valence-corrected chi connectivity index (χ0v) is 15.8. The lowest BCUT2D eigenvalue weighted by molar-refractivity contribution is -0.137. The number of carbonyl (C=O) groups excluding carboxylic acids is 1. The molecular formula is C19H22N2O5S. The number of nitrogens with one attached hydrogen (secondary N) is 1. The Balaban J connectivity index is 1.89. The average Bonchev–Trinajstić information content (AvgIpc) is 2.73. The molecule has 1 atom stereocenters. The number of benzene rings is 2. The number of hydrogen-bond acceptors (Lipinski definition) is 5. The number of methoxy groups -OCH3 is 1. The van der Waals surface area contributed by atoms with E-state index in [0.29, 0.717) is 37.6 Å². The molecule has 0 bridgehead atoms. The van der Waals surface area contributed by atoms with Crippen molar-refractivity contribution in [3.8, 4) is 5.75 Å². The van der Waals surface area contributed by atoms with Gasteiger partial charge in [-0.3, -0.25) is 4.79 Å². The van der Waals surface area contributed by atoms with Gasteiger partial charge in [0.1, 0.15) is 11.8 Å². The molecule has 7 nitrogen and oxygen atoms in total. The number of amides is 1. The Morgan fingerprint density at radius 1 is 1.07 bits per heavy atom. The third-order valence-corrected chi connectivity index (χ3v) is 5.78. The molecule has 1 saturated heterocycles. The molecule has 1 aliphatic heterocycles. The zero-order chi connectivity index (χ0) is 19.3. The molecule has 8 heteroatoms. The van der Waals surface area contributed by atoms with Gasteiger partial charge in [0.2, 0.25) is 15.9 Å². The molecule has 0 unspecified atom stereocenters. The van der Waals surface area contributed by atoms with Crippen LogP contribution >= 0.6 is 0 Å². The van der Waals surface area contributed by atoms with E-state index in [4.69, 9.17) is 9.47 Å². The van der Waals surface area contributed by atoms with E-state index < -0.39 is 16.1 Å². The first-order chi connectivity index (χ1) is 13.0. The Kier molecular flexibility index (Phi) is 6.10. The average molecular weight is 390 g/mol. The fourth-order valence-electron chi connectivity index (χ4n) is 2.85. The maximum atomic E-state index is 13.0. The topological polar surface area (TPSA) is 84.9 Å². The minimum atomic E-state index is -3.90. The minimum absolute atomic E-state index is 0.0685. The van der Waals surface area contributed by atoms with Crippen molar-refractivity contribution < 1.29 is 22.7 Å². The predicted octanol–water partition coefficient (Wildman–Crippen LogP) is 1.57. The highest BCUT2D eigenvalue weighted by atomic mass is 32.2. The van der Waals surface area contributed by atoms with Gasteiger partial charge in [-0.05, 0) is 29.8 Å². The number of rotatable bonds is 6. The van der Waals surface area contributed by atoms with Gasteiger partial charge in [-0.2, -0.15) is 4.72 Å². The molecule has 1 fully saturated rings. The Morgan fingerprint density at radius 2 is 1.70 bits per heavy atom. The van der Waals surface area contributed by atoms with Crippen LogP contribution in [0.5, 0.6) is 5.75 Å². The third-order valence-electron chi connectivity index (χ3n) is 4.35. The van der Waals surface area contributed by atoms with Crippen molar-refractivity contribution in [3.63, 3.8) is 0 Å². The largest absolute Gasteiger partial charge is 0.497 e. The SMILES string of the molecule is COc1ccc(S(=O)(=O)N[C@H](C(=O)N2CCOCC2)c2ccccc2)cc1. The van der Waals surface area contributed by atoms with Crippen LogP contribution in [-0.2, 0) is 19.6 Å². The second-order valence-corrected chi connectivity index (χ2v) is 7.79. The van der Waals surface area contributed by atoms with Crippen LogP contribution in [0.1, 0.15) is 11.6 Å². The van der Waals surface area contributed by atoms with Crippen LogP contribution in [0.15, 0.2) is 59.5 Å². The van der Waals surface area contributed by atoms with Crippen LogP contribution in [0.3, 0.4) is 0 Å². The summed E-state index contributed by atoms with van der Waals surface area (Å²) in [6, 6.07) is 13.9. The van der Waals surface area contributed by atoms with Crippen molar-refractivity contribution >= 4 is 15.9 Å². The Hall–Kier alpha value is -2.42. The first-order valence-electron chi connectivity index (χ1n) is 8.59. The van der Waals surface area contributed by atoms with E-state index in [2.05, 4.69) is 4.72 Å². The van der Waals surface area contributed by atoms with Crippen LogP contribution < -0.4 is 9.46 Å². The summed E-state index contributed by atoms with van der Waals surface area (Å²) in [7, 11) is -2.39. The Bertz CT molecular complexity index is 863. The normalized spacial score (nSPS) is 16.0. The smallest absolute Gasteiger partial charge is 0.245 e. The number of carbonyl (C=O) groups is 1. The summed E-state index contributed by atoms with van der Waals surface area (Å²) in [5, 5.41) is 0. The summed E-state index contributed by atoms with van der Waals surface area (Å²) < 4.78 is 38.6. The summed E-state index contributed by atoms with van der Waals surface area (Å²) in [5.74, 6) is 0.263. The van der Waals surface area contributed by atoms with Crippen molar-refractivity contribution in [3.05, 3.63) is 60.2 Å². The van der Waals surface area contributed by atoms with Gasteiger partial charge in [-0.25, -0.2) is 8.42 Å². The highest BCUT2D eigenvalue weighted by molar-refractivity contribution is 7.89. The summed E-state index contributed by atoms with van der Waals surface area (Å²) in [6.45, 7) is 1.76. The van der Waals surface area contributed by atoms with Crippen molar-refractivity contribution in [2.24, 2.45) is 0 Å². The molecule has 0 spiro atoms. The molecule has 1 aliphatic rings. The van der Waals surface area contributed by atoms with Crippen molar-refractivity contribution in [2.45, 2.75) is 10.9 Å². The Morgan fingerprint density at radius 3 is 2.30 bits per heavy atom. The number of morpholine rings is 1. The quantitative estimate of drug-likeness (QED) is 0.809. The van der Waals surface area contributed by atoms with Crippen molar-refractivity contribution in [2.75, 3.05) is 33.4 Å². The molecule has 0 aliphatic carbocycles. The molecule has 0 saturated carbocycles. The summed E-state index contributed by atoms with van der Waals surface area (Å²) in [6.07, 6.45) is 0. The van der Waals surface area contributed by atoms with Gasteiger partial charge in [0.25, 0.3) is 0 Å². The predicted molar refractivity (Wildman–Crippen MR) is 99.9 cm³/mol. The molecular weight excluding hydrogens is 368 g/mol. The maximum absolute atomic E-state index is 13.0. The molecule has 1 heterocycles. The molecule has 1 N–H and O–H groups in total. The van der Waals surface area contributed by atoms with E-state index >= 15 is 0 Å². The number of sulfonamides is 1. The van der Waals surface area contributed by atoms with Crippen LogP contribution in [0.25, 0.3) is 0 Å². The van der Waals surface area contributed by atoms with Gasteiger partial charge in [0.05, 0.1) is 25.2 Å². The second-order valence-electron chi connectivity index (χ2n) is 6.08. The molecule has 0 aromatic heterocycles. The third kappa shape index (κ3) is 4.65. The molecule has 2 aromatic carbocycles. The van der Waals surface area contributed by atoms with Crippen LogP contribution in [0.2, 0.25) is 0 Å². The number of ether oxygens (including phenoxy) is 2. The van der Waals surface area contributed by atoms with E-state index in [-0.39, 0.29) is 10.8 Å². The first-order valence-corrected chi connectivity index (χ1v) is 10.1. The van der Waals surface area contributed by atoms with Gasteiger partial charge < -0.3 is 14.4 Å².